The molecule has 28 heavy (non-hydrogen) atoms. The number of carbonyl (C=O) groups is 1. The number of aliphatic hydroxyl groups is 1. The van der Waals surface area contributed by atoms with Crippen molar-refractivity contribution in [1.82, 2.24) is 14.7 Å². The second-order valence-corrected chi connectivity index (χ2v) is 6.45. The van der Waals surface area contributed by atoms with Gasteiger partial charge in [-0.1, -0.05) is 30.3 Å². The van der Waals surface area contributed by atoms with Gasteiger partial charge in [-0.15, -0.1) is 0 Å². The Balaban J connectivity index is 1.49. The Bertz CT molecular complexity index is 1110. The van der Waals surface area contributed by atoms with E-state index in [2.05, 4.69) is 10.3 Å². The van der Waals surface area contributed by atoms with Gasteiger partial charge in [0.05, 0.1) is 17.4 Å². The van der Waals surface area contributed by atoms with Crippen LogP contribution in [-0.4, -0.2) is 26.9 Å². The summed E-state index contributed by atoms with van der Waals surface area (Å²) < 4.78 is 14.8. The van der Waals surface area contributed by atoms with Gasteiger partial charge in [0.15, 0.2) is 0 Å². The molecule has 0 bridgehead atoms. The van der Waals surface area contributed by atoms with Crippen molar-refractivity contribution in [3.8, 4) is 11.3 Å². The molecule has 4 aromatic rings. The van der Waals surface area contributed by atoms with Crippen LogP contribution < -0.4 is 5.32 Å². The number of amides is 1. The van der Waals surface area contributed by atoms with E-state index >= 15 is 0 Å². The molecule has 0 fully saturated rings. The summed E-state index contributed by atoms with van der Waals surface area (Å²) >= 11 is 0. The van der Waals surface area contributed by atoms with Gasteiger partial charge in [0.25, 0.3) is 5.91 Å². The molecule has 0 spiro atoms. The predicted molar refractivity (Wildman–Crippen MR) is 104 cm³/mol. The van der Waals surface area contributed by atoms with E-state index in [4.69, 9.17) is 0 Å². The first-order valence-corrected chi connectivity index (χ1v) is 8.86. The molecule has 6 heteroatoms. The third kappa shape index (κ3) is 3.77. The molecule has 1 unspecified atom stereocenters. The zero-order valence-corrected chi connectivity index (χ0v) is 14.9. The van der Waals surface area contributed by atoms with E-state index in [0.717, 1.165) is 11.1 Å². The summed E-state index contributed by atoms with van der Waals surface area (Å²) in [4.78, 5) is 16.9. The number of nitrogens with zero attached hydrogens (tertiary/aromatic N) is 2. The molecule has 2 N–H and O–H groups in total. The van der Waals surface area contributed by atoms with Crippen LogP contribution in [0.3, 0.4) is 0 Å². The Morgan fingerprint density at radius 2 is 1.79 bits per heavy atom. The van der Waals surface area contributed by atoms with Crippen molar-refractivity contribution in [3.05, 3.63) is 96.1 Å². The Kier molecular flexibility index (Phi) is 4.87. The van der Waals surface area contributed by atoms with E-state index < -0.39 is 6.10 Å². The van der Waals surface area contributed by atoms with Crippen LogP contribution in [-0.2, 0) is 0 Å². The van der Waals surface area contributed by atoms with E-state index in [9.17, 15) is 14.3 Å². The van der Waals surface area contributed by atoms with Gasteiger partial charge in [-0.05, 0) is 42.0 Å². The van der Waals surface area contributed by atoms with Crippen molar-refractivity contribution in [3.63, 3.8) is 0 Å². The molecular formula is C22H18FN3O2. The lowest BCUT2D eigenvalue weighted by Gasteiger charge is -2.12. The van der Waals surface area contributed by atoms with Crippen LogP contribution in [0.2, 0.25) is 0 Å². The fourth-order valence-corrected chi connectivity index (χ4v) is 2.97. The van der Waals surface area contributed by atoms with Gasteiger partial charge in [0, 0.05) is 24.5 Å². The smallest absolute Gasteiger partial charge is 0.252 e. The highest BCUT2D eigenvalue weighted by Crippen LogP contribution is 2.20. The molecule has 2 aromatic carbocycles. The molecule has 1 amide bonds. The fourth-order valence-electron chi connectivity index (χ4n) is 2.97. The van der Waals surface area contributed by atoms with Crippen molar-refractivity contribution in [2.45, 2.75) is 6.10 Å². The molecule has 0 saturated heterocycles. The number of imidazole rings is 1. The standard InChI is InChI=1S/C22H18FN3O2/c23-18-9-6-15(7-10-18)19-14-26-13-17(8-11-21(26)25-19)22(28)24-12-20(27)16-4-2-1-3-5-16/h1-11,13-14,20,27H,12H2,(H,24,28). The van der Waals surface area contributed by atoms with Crippen LogP contribution in [0.1, 0.15) is 22.0 Å². The number of aromatic nitrogens is 2. The molecule has 0 saturated carbocycles. The number of carbonyl (C=O) groups excluding carboxylic acids is 1. The lowest BCUT2D eigenvalue weighted by atomic mass is 10.1. The quantitative estimate of drug-likeness (QED) is 0.560. The van der Waals surface area contributed by atoms with E-state index in [-0.39, 0.29) is 18.3 Å². The zero-order valence-electron chi connectivity index (χ0n) is 14.9. The zero-order chi connectivity index (χ0) is 19.5. The van der Waals surface area contributed by atoms with Crippen molar-refractivity contribution in [1.29, 1.82) is 0 Å². The molecule has 140 valence electrons. The Labute approximate surface area is 161 Å². The van der Waals surface area contributed by atoms with E-state index in [1.165, 1.54) is 12.1 Å². The average Bonchev–Trinajstić information content (AvgIpc) is 3.16. The van der Waals surface area contributed by atoms with Gasteiger partial charge in [-0.25, -0.2) is 9.37 Å². The average molecular weight is 375 g/mol. The third-order valence-electron chi connectivity index (χ3n) is 4.49. The molecule has 4 rings (SSSR count). The number of benzene rings is 2. The first kappa shape index (κ1) is 17.9. The molecule has 0 radical (unpaired) electrons. The summed E-state index contributed by atoms with van der Waals surface area (Å²) in [6.45, 7) is 0.117. The fraction of sp³-hybridized carbons (Fsp3) is 0.0909. The Hall–Kier alpha value is -3.51. The van der Waals surface area contributed by atoms with Crippen LogP contribution in [0, 0.1) is 5.82 Å². The number of nitrogens with one attached hydrogen (secondary N) is 1. The molecular weight excluding hydrogens is 357 g/mol. The number of halogens is 1. The van der Waals surface area contributed by atoms with Gasteiger partial charge in [-0.3, -0.25) is 4.79 Å². The summed E-state index contributed by atoms with van der Waals surface area (Å²) in [5, 5.41) is 12.9. The number of rotatable bonds is 5. The van der Waals surface area contributed by atoms with Crippen LogP contribution in [0.15, 0.2) is 79.1 Å². The predicted octanol–water partition coefficient (Wildman–Crippen LogP) is 3.60. The summed E-state index contributed by atoms with van der Waals surface area (Å²) in [6, 6.07) is 18.7. The molecule has 1 atom stereocenters. The second-order valence-electron chi connectivity index (χ2n) is 6.45. The maximum Gasteiger partial charge on any atom is 0.252 e. The summed E-state index contributed by atoms with van der Waals surface area (Å²) in [7, 11) is 0. The molecule has 5 nitrogen and oxygen atoms in total. The lowest BCUT2D eigenvalue weighted by molar-refractivity contribution is 0.0916. The number of hydrogen-bond acceptors (Lipinski definition) is 3. The topological polar surface area (TPSA) is 66.6 Å². The van der Waals surface area contributed by atoms with Crippen molar-refractivity contribution < 1.29 is 14.3 Å². The number of fused-ring (bicyclic) bond motifs is 1. The number of pyridine rings is 1. The van der Waals surface area contributed by atoms with Gasteiger partial charge < -0.3 is 14.8 Å². The van der Waals surface area contributed by atoms with Crippen molar-refractivity contribution >= 4 is 11.6 Å². The van der Waals surface area contributed by atoms with Crippen LogP contribution in [0.5, 0.6) is 0 Å². The van der Waals surface area contributed by atoms with Crippen LogP contribution in [0.4, 0.5) is 4.39 Å². The summed E-state index contributed by atoms with van der Waals surface area (Å²) in [5.74, 6) is -0.585. The number of hydrogen-bond donors (Lipinski definition) is 2. The van der Waals surface area contributed by atoms with E-state index in [0.29, 0.717) is 16.9 Å². The Morgan fingerprint density at radius 3 is 2.54 bits per heavy atom. The highest BCUT2D eigenvalue weighted by Gasteiger charge is 2.12. The van der Waals surface area contributed by atoms with Gasteiger partial charge >= 0.3 is 0 Å². The first-order chi connectivity index (χ1) is 13.6. The first-order valence-electron chi connectivity index (χ1n) is 8.86. The molecule has 0 aliphatic carbocycles. The Morgan fingerprint density at radius 1 is 1.04 bits per heavy atom. The number of aliphatic hydroxyl groups excluding tert-OH is 1. The highest BCUT2D eigenvalue weighted by atomic mass is 19.1. The van der Waals surface area contributed by atoms with Crippen LogP contribution in [0.25, 0.3) is 16.9 Å². The molecule has 2 aromatic heterocycles. The molecule has 2 heterocycles. The van der Waals surface area contributed by atoms with Gasteiger partial charge in [0.1, 0.15) is 11.5 Å². The second kappa shape index (κ2) is 7.62. The van der Waals surface area contributed by atoms with E-state index in [1.807, 2.05) is 30.3 Å². The minimum absolute atomic E-state index is 0.117. The minimum atomic E-state index is -0.771. The van der Waals surface area contributed by atoms with Gasteiger partial charge in [-0.2, -0.15) is 0 Å². The minimum Gasteiger partial charge on any atom is -0.387 e. The highest BCUT2D eigenvalue weighted by molar-refractivity contribution is 5.94. The normalized spacial score (nSPS) is 12.1. The third-order valence-corrected chi connectivity index (χ3v) is 4.49. The van der Waals surface area contributed by atoms with Crippen LogP contribution >= 0.6 is 0 Å². The lowest BCUT2D eigenvalue weighted by Crippen LogP contribution is -2.28. The van der Waals surface area contributed by atoms with Gasteiger partial charge in [0.2, 0.25) is 0 Å². The largest absolute Gasteiger partial charge is 0.387 e. The maximum atomic E-state index is 13.1. The van der Waals surface area contributed by atoms with Crippen molar-refractivity contribution in [2.75, 3.05) is 6.54 Å². The summed E-state index contributed by atoms with van der Waals surface area (Å²) in [6.07, 6.45) is 2.70. The summed E-state index contributed by atoms with van der Waals surface area (Å²) in [5.41, 5.74) is 3.37. The van der Waals surface area contributed by atoms with E-state index in [1.54, 1.807) is 41.1 Å². The SMILES string of the molecule is O=C(NCC(O)c1ccccc1)c1ccc2nc(-c3ccc(F)cc3)cn2c1. The molecule has 0 aliphatic heterocycles. The monoisotopic (exact) mass is 375 g/mol. The maximum absolute atomic E-state index is 13.1. The molecule has 0 aliphatic rings. The van der Waals surface area contributed by atoms with Crippen molar-refractivity contribution in [2.24, 2.45) is 0 Å².